The summed E-state index contributed by atoms with van der Waals surface area (Å²) in [7, 11) is -3.26. The molecule has 2 aromatic rings. The summed E-state index contributed by atoms with van der Waals surface area (Å²) in [6.07, 6.45) is 7.37. The molecule has 0 amide bonds. The lowest BCUT2D eigenvalue weighted by molar-refractivity contribution is 0.312. The summed E-state index contributed by atoms with van der Waals surface area (Å²) < 4.78 is 33.7. The van der Waals surface area contributed by atoms with Gasteiger partial charge < -0.3 is 8.94 Å². The zero-order chi connectivity index (χ0) is 15.8. The summed E-state index contributed by atoms with van der Waals surface area (Å²) in [5, 5.41) is 3.86. The fourth-order valence-corrected chi connectivity index (χ4v) is 4.02. The lowest BCUT2D eigenvalue weighted by Gasteiger charge is -2.36. The van der Waals surface area contributed by atoms with Gasteiger partial charge in [0.15, 0.2) is 15.7 Å². The smallest absolute Gasteiger partial charge is 0.250 e. The van der Waals surface area contributed by atoms with Crippen molar-refractivity contribution in [1.29, 1.82) is 0 Å². The largest absolute Gasteiger partial charge is 0.462 e. The van der Waals surface area contributed by atoms with Gasteiger partial charge in [0.2, 0.25) is 0 Å². The first-order valence-electron chi connectivity index (χ1n) is 7.25. The monoisotopic (exact) mass is 322 g/mol. The van der Waals surface area contributed by atoms with E-state index in [-0.39, 0.29) is 11.7 Å². The summed E-state index contributed by atoms with van der Waals surface area (Å²) in [6.45, 7) is 2.01. The molecule has 0 N–H and O–H groups in total. The summed E-state index contributed by atoms with van der Waals surface area (Å²) in [6, 6.07) is 3.77. The Hall–Kier alpha value is -1.89. The molecule has 0 saturated heterocycles. The lowest BCUT2D eigenvalue weighted by atomic mass is 9.83. The Balaban J connectivity index is 1.82. The first-order chi connectivity index (χ1) is 10.4. The minimum Gasteiger partial charge on any atom is -0.462 e. The van der Waals surface area contributed by atoms with Crippen LogP contribution in [0.5, 0.6) is 0 Å². The van der Waals surface area contributed by atoms with Crippen LogP contribution < -0.4 is 0 Å². The highest BCUT2D eigenvalue weighted by Gasteiger charge is 2.51. The van der Waals surface area contributed by atoms with Gasteiger partial charge in [0, 0.05) is 18.8 Å². The average molecular weight is 322 g/mol. The van der Waals surface area contributed by atoms with Crippen LogP contribution in [0.4, 0.5) is 0 Å². The van der Waals surface area contributed by atoms with E-state index in [0.29, 0.717) is 18.6 Å². The van der Waals surface area contributed by atoms with Crippen molar-refractivity contribution in [2.45, 2.75) is 37.4 Å². The Morgan fingerprint density at radius 2 is 2.09 bits per heavy atom. The summed E-state index contributed by atoms with van der Waals surface area (Å²) >= 11 is 0. The van der Waals surface area contributed by atoms with Crippen LogP contribution in [0.15, 0.2) is 21.1 Å². The van der Waals surface area contributed by atoms with Crippen LogP contribution in [0.3, 0.4) is 0 Å². The van der Waals surface area contributed by atoms with Crippen LogP contribution >= 0.6 is 0 Å². The van der Waals surface area contributed by atoms with E-state index in [0.717, 1.165) is 18.6 Å². The minimum absolute atomic E-state index is 0.259. The molecule has 0 aromatic carbocycles. The number of nitrogens with zero attached hydrogens (tertiary/aromatic N) is 2. The van der Waals surface area contributed by atoms with Gasteiger partial charge in [-0.25, -0.2) is 8.42 Å². The molecule has 3 rings (SSSR count). The van der Waals surface area contributed by atoms with E-state index in [9.17, 15) is 8.42 Å². The zero-order valence-electron chi connectivity index (χ0n) is 12.6. The molecular weight excluding hydrogens is 304 g/mol. The number of hydrogen-bond donors (Lipinski definition) is 0. The first-order valence-corrected chi connectivity index (χ1v) is 9.14. The van der Waals surface area contributed by atoms with Crippen LogP contribution in [-0.2, 0) is 21.0 Å². The molecule has 6 nitrogen and oxygen atoms in total. The Morgan fingerprint density at radius 3 is 2.64 bits per heavy atom. The molecule has 1 saturated carbocycles. The van der Waals surface area contributed by atoms with E-state index < -0.39 is 14.6 Å². The van der Waals surface area contributed by atoms with Crippen LogP contribution in [0.1, 0.15) is 49.4 Å². The average Bonchev–Trinajstić information content (AvgIpc) is 3.02. The highest BCUT2D eigenvalue weighted by Crippen LogP contribution is 2.46. The van der Waals surface area contributed by atoms with E-state index in [1.807, 2.05) is 19.1 Å². The molecule has 1 aliphatic rings. The highest BCUT2D eigenvalue weighted by atomic mass is 32.2. The Morgan fingerprint density at radius 1 is 1.32 bits per heavy atom. The molecule has 2 aromatic heterocycles. The summed E-state index contributed by atoms with van der Waals surface area (Å²) in [5.74, 6) is 2.13. The molecule has 0 bridgehead atoms. The fraction of sp³-hybridized carbons (Fsp3) is 0.467. The van der Waals surface area contributed by atoms with Gasteiger partial charge in [-0.1, -0.05) is 12.1 Å². The number of aromatic nitrogens is 2. The van der Waals surface area contributed by atoms with Crippen molar-refractivity contribution in [3.63, 3.8) is 0 Å². The van der Waals surface area contributed by atoms with Gasteiger partial charge in [-0.2, -0.15) is 4.98 Å². The summed E-state index contributed by atoms with van der Waals surface area (Å²) in [5.41, 5.74) is 0. The van der Waals surface area contributed by atoms with Crippen LogP contribution in [-0.4, -0.2) is 24.8 Å². The zero-order valence-corrected chi connectivity index (χ0v) is 13.4. The van der Waals surface area contributed by atoms with Crippen molar-refractivity contribution < 1.29 is 17.4 Å². The minimum atomic E-state index is -3.26. The Bertz CT molecular complexity index is 797. The van der Waals surface area contributed by atoms with E-state index in [1.54, 1.807) is 12.2 Å². The molecule has 118 valence electrons. The summed E-state index contributed by atoms with van der Waals surface area (Å²) in [4.78, 5) is 4.23. The Kier molecular flexibility index (Phi) is 3.68. The molecule has 0 aliphatic heterocycles. The van der Waals surface area contributed by atoms with Crippen LogP contribution in [0, 0.1) is 0 Å². The number of rotatable bonds is 5. The van der Waals surface area contributed by atoms with Gasteiger partial charge >= 0.3 is 0 Å². The second-order valence-electron chi connectivity index (χ2n) is 5.57. The van der Waals surface area contributed by atoms with Crippen molar-refractivity contribution in [1.82, 2.24) is 10.1 Å². The van der Waals surface area contributed by atoms with Crippen molar-refractivity contribution in [3.8, 4) is 0 Å². The van der Waals surface area contributed by atoms with E-state index in [1.165, 1.54) is 6.26 Å². The predicted molar refractivity (Wildman–Crippen MR) is 81.7 cm³/mol. The third-order valence-corrected chi connectivity index (χ3v) is 6.15. The van der Waals surface area contributed by atoms with Gasteiger partial charge in [0.25, 0.3) is 5.89 Å². The normalized spacial score (nSPS) is 17.7. The maximum Gasteiger partial charge on any atom is 0.250 e. The van der Waals surface area contributed by atoms with Gasteiger partial charge in [0.1, 0.15) is 16.3 Å². The van der Waals surface area contributed by atoms with Crippen molar-refractivity contribution >= 4 is 22.0 Å². The quantitative estimate of drug-likeness (QED) is 0.841. The third kappa shape index (κ3) is 2.49. The van der Waals surface area contributed by atoms with Crippen molar-refractivity contribution in [2.75, 3.05) is 6.26 Å². The van der Waals surface area contributed by atoms with Crippen molar-refractivity contribution in [3.05, 3.63) is 35.4 Å². The molecule has 1 aliphatic carbocycles. The molecule has 0 unspecified atom stereocenters. The van der Waals surface area contributed by atoms with Crippen molar-refractivity contribution in [2.24, 2.45) is 0 Å². The lowest BCUT2D eigenvalue weighted by Crippen LogP contribution is -2.42. The highest BCUT2D eigenvalue weighted by molar-refractivity contribution is 7.91. The number of sulfone groups is 1. The van der Waals surface area contributed by atoms with E-state index in [4.69, 9.17) is 8.94 Å². The molecule has 7 heteroatoms. The molecule has 0 spiro atoms. The van der Waals surface area contributed by atoms with Gasteiger partial charge in [-0.05, 0) is 37.5 Å². The second kappa shape index (κ2) is 5.39. The number of aryl methyl sites for hydroxylation is 1. The number of hydrogen-bond acceptors (Lipinski definition) is 6. The van der Waals surface area contributed by atoms with Gasteiger partial charge in [-0.15, -0.1) is 0 Å². The van der Waals surface area contributed by atoms with E-state index >= 15 is 0 Å². The Labute approximate surface area is 129 Å². The number of furan rings is 1. The molecule has 0 atom stereocenters. The maximum absolute atomic E-state index is 12.0. The SMILES string of the molecule is CCc1ccc(/C=C/c2nc(C3(S(C)(=O)=O)CCC3)no2)o1. The predicted octanol–water partition coefficient (Wildman–Crippen LogP) is 2.82. The van der Waals surface area contributed by atoms with Crippen LogP contribution in [0.2, 0.25) is 0 Å². The molecule has 2 heterocycles. The first kappa shape index (κ1) is 15.0. The molecular formula is C15H18N2O4S. The van der Waals surface area contributed by atoms with E-state index in [2.05, 4.69) is 10.1 Å². The molecule has 22 heavy (non-hydrogen) atoms. The van der Waals surface area contributed by atoms with Gasteiger partial charge in [0.05, 0.1) is 0 Å². The standard InChI is InChI=1S/C15H18N2O4S/c1-3-11-5-6-12(20-11)7-8-13-16-14(17-21-13)15(9-4-10-15)22(2,18)19/h5-8H,3-4,9-10H2,1-2H3/b8-7+. The molecule has 0 radical (unpaired) electrons. The maximum atomic E-state index is 12.0. The fourth-order valence-electron chi connectivity index (χ4n) is 2.57. The topological polar surface area (TPSA) is 86.2 Å². The third-order valence-electron chi connectivity index (χ3n) is 4.14. The van der Waals surface area contributed by atoms with Gasteiger partial charge in [-0.3, -0.25) is 0 Å². The van der Waals surface area contributed by atoms with Crippen LogP contribution in [0.25, 0.3) is 12.2 Å². The second-order valence-corrected chi connectivity index (χ2v) is 7.89. The molecule has 1 fully saturated rings.